The van der Waals surface area contributed by atoms with Gasteiger partial charge in [0.25, 0.3) is 5.91 Å². The highest BCUT2D eigenvalue weighted by Crippen LogP contribution is 2.34. The second-order valence-corrected chi connectivity index (χ2v) is 7.55. The summed E-state index contributed by atoms with van der Waals surface area (Å²) < 4.78 is 10.7. The zero-order valence-electron chi connectivity index (χ0n) is 14.5. The zero-order valence-corrected chi connectivity index (χ0v) is 15.3. The van der Waals surface area contributed by atoms with Gasteiger partial charge in [-0.1, -0.05) is 5.16 Å². The van der Waals surface area contributed by atoms with Gasteiger partial charge in [0.15, 0.2) is 11.5 Å². The van der Waals surface area contributed by atoms with E-state index in [1.54, 1.807) is 24.3 Å². The molecule has 1 amide bonds. The number of nitrogens with one attached hydrogen (secondary N) is 1. The van der Waals surface area contributed by atoms with E-state index in [2.05, 4.69) is 20.4 Å². The normalized spacial score (nSPS) is 15.8. The van der Waals surface area contributed by atoms with Crippen LogP contribution in [-0.4, -0.2) is 39.6 Å². The van der Waals surface area contributed by atoms with Crippen molar-refractivity contribution in [3.8, 4) is 11.5 Å². The summed E-state index contributed by atoms with van der Waals surface area (Å²) in [5.74, 6) is 1.04. The smallest absolute Gasteiger partial charge is 0.261 e. The molecule has 0 atom stereocenters. The van der Waals surface area contributed by atoms with Gasteiger partial charge >= 0.3 is 0 Å². The van der Waals surface area contributed by atoms with E-state index < -0.39 is 0 Å². The molecule has 0 spiro atoms. The minimum Gasteiger partial charge on any atom is -0.454 e. The number of carbonyl (C=O) groups excluding carboxylic acids is 1. The lowest BCUT2D eigenvalue weighted by molar-refractivity contribution is 0.0955. The van der Waals surface area contributed by atoms with Gasteiger partial charge in [-0.2, -0.15) is 0 Å². The first-order chi connectivity index (χ1) is 13.6. The molecule has 1 aliphatic carbocycles. The summed E-state index contributed by atoms with van der Waals surface area (Å²) in [6.45, 7) is 0.138. The summed E-state index contributed by atoms with van der Waals surface area (Å²) in [6, 6.07) is 7.11. The lowest BCUT2D eigenvalue weighted by Gasteiger charge is -2.07. The molecule has 1 aromatic carbocycles. The molecular formula is C18H15N5O4S. The molecule has 1 aliphatic heterocycles. The predicted molar refractivity (Wildman–Crippen MR) is 102 cm³/mol. The van der Waals surface area contributed by atoms with E-state index in [9.17, 15) is 10.0 Å². The molecule has 2 aliphatic rings. The van der Waals surface area contributed by atoms with Crippen molar-refractivity contribution in [2.45, 2.75) is 18.9 Å². The quantitative estimate of drug-likeness (QED) is 0.349. The molecule has 2 aromatic heterocycles. The van der Waals surface area contributed by atoms with E-state index in [4.69, 9.17) is 15.2 Å². The molecular weight excluding hydrogens is 382 g/mol. The van der Waals surface area contributed by atoms with Crippen LogP contribution in [0, 0.1) is 0 Å². The summed E-state index contributed by atoms with van der Waals surface area (Å²) in [5.41, 5.74) is 6.97. The molecule has 1 saturated carbocycles. The van der Waals surface area contributed by atoms with Crippen LogP contribution < -0.4 is 20.5 Å². The number of oxime groups is 1. The number of nitrogens with two attached hydrogens (primary N) is 1. The summed E-state index contributed by atoms with van der Waals surface area (Å²) in [5, 5.41) is 16.7. The first-order valence-electron chi connectivity index (χ1n) is 8.63. The first kappa shape index (κ1) is 16.8. The molecule has 0 bridgehead atoms. The van der Waals surface area contributed by atoms with Crippen molar-refractivity contribution in [1.29, 1.82) is 0 Å². The third-order valence-corrected chi connectivity index (χ3v) is 5.54. The molecule has 9 nitrogen and oxygen atoms in total. The van der Waals surface area contributed by atoms with E-state index in [1.165, 1.54) is 11.3 Å². The molecule has 10 heteroatoms. The molecule has 3 aromatic rings. The second-order valence-electron chi connectivity index (χ2n) is 6.52. The van der Waals surface area contributed by atoms with Crippen molar-refractivity contribution < 1.29 is 19.5 Å². The Labute approximate surface area is 162 Å². The highest BCUT2D eigenvalue weighted by molar-refractivity contribution is 7.20. The summed E-state index contributed by atoms with van der Waals surface area (Å²) in [7, 11) is 0. The molecule has 5 rings (SSSR count). The number of thiophene rings is 1. The number of hydrogen-bond acceptors (Lipinski definition) is 9. The van der Waals surface area contributed by atoms with Crippen LogP contribution in [0.2, 0.25) is 0 Å². The first-order valence-corrected chi connectivity index (χ1v) is 9.44. The van der Waals surface area contributed by atoms with Crippen molar-refractivity contribution in [3.63, 3.8) is 0 Å². The Morgan fingerprint density at radius 1 is 1.25 bits per heavy atom. The van der Waals surface area contributed by atoms with E-state index in [1.807, 2.05) is 0 Å². The lowest BCUT2D eigenvalue weighted by Crippen LogP contribution is -2.24. The number of rotatable bonds is 4. The largest absolute Gasteiger partial charge is 0.454 e. The van der Waals surface area contributed by atoms with Gasteiger partial charge in [0, 0.05) is 17.0 Å². The molecule has 0 saturated heterocycles. The van der Waals surface area contributed by atoms with Crippen LogP contribution in [0.1, 0.15) is 33.8 Å². The molecule has 4 N–H and O–H groups in total. The number of carbonyl (C=O) groups is 1. The maximum atomic E-state index is 12.4. The van der Waals surface area contributed by atoms with Gasteiger partial charge < -0.3 is 25.7 Å². The Balaban J connectivity index is 1.60. The molecule has 28 heavy (non-hydrogen) atoms. The Bertz CT molecular complexity index is 1140. The van der Waals surface area contributed by atoms with Crippen LogP contribution in [0.3, 0.4) is 0 Å². The third kappa shape index (κ3) is 2.87. The predicted octanol–water partition coefficient (Wildman–Crippen LogP) is 2.12. The zero-order chi connectivity index (χ0) is 19.3. The number of nitrogen functional groups attached to an aromatic ring is 1. The van der Waals surface area contributed by atoms with E-state index in [-0.39, 0.29) is 30.4 Å². The average Bonchev–Trinajstić information content (AvgIpc) is 3.19. The fourth-order valence-electron chi connectivity index (χ4n) is 3.00. The average molecular weight is 397 g/mol. The van der Waals surface area contributed by atoms with Gasteiger partial charge in [-0.25, -0.2) is 9.97 Å². The van der Waals surface area contributed by atoms with Gasteiger partial charge in [0.2, 0.25) is 12.7 Å². The van der Waals surface area contributed by atoms with Crippen molar-refractivity contribution in [2.75, 3.05) is 12.5 Å². The molecule has 1 fully saturated rings. The summed E-state index contributed by atoms with van der Waals surface area (Å²) in [6.07, 6.45) is 2.00. The van der Waals surface area contributed by atoms with Crippen molar-refractivity contribution in [2.24, 2.45) is 5.16 Å². The van der Waals surface area contributed by atoms with Gasteiger partial charge in [-0.3, -0.25) is 4.79 Å². The third-order valence-electron chi connectivity index (χ3n) is 4.52. The van der Waals surface area contributed by atoms with Crippen LogP contribution >= 0.6 is 11.3 Å². The Kier molecular flexibility index (Phi) is 3.79. The van der Waals surface area contributed by atoms with Gasteiger partial charge in [0.1, 0.15) is 16.2 Å². The van der Waals surface area contributed by atoms with Crippen LogP contribution in [0.25, 0.3) is 10.2 Å². The van der Waals surface area contributed by atoms with Crippen molar-refractivity contribution >= 4 is 39.1 Å². The summed E-state index contributed by atoms with van der Waals surface area (Å²) in [4.78, 5) is 22.0. The number of anilines is 1. The van der Waals surface area contributed by atoms with Crippen LogP contribution in [0.4, 0.5) is 5.95 Å². The fraction of sp³-hybridized carbons (Fsp3) is 0.222. The minimum atomic E-state index is -0.152. The Morgan fingerprint density at radius 3 is 2.86 bits per heavy atom. The van der Waals surface area contributed by atoms with E-state index in [0.717, 1.165) is 12.8 Å². The van der Waals surface area contributed by atoms with E-state index >= 15 is 0 Å². The van der Waals surface area contributed by atoms with Crippen LogP contribution in [0.15, 0.2) is 29.4 Å². The number of nitrogens with zero attached hydrogens (tertiary/aromatic N) is 3. The lowest BCUT2D eigenvalue weighted by atomic mass is 10.0. The maximum absolute atomic E-state index is 12.4. The topological polar surface area (TPSA) is 132 Å². The maximum Gasteiger partial charge on any atom is 0.261 e. The molecule has 0 unspecified atom stereocenters. The van der Waals surface area contributed by atoms with Crippen LogP contribution in [-0.2, 0) is 0 Å². The SMILES string of the molecule is Nc1nc(C(=NO)c2ccc3c(c2)OCO3)c2cc(C(=O)NC3CC3)sc2n1. The fourth-order valence-corrected chi connectivity index (χ4v) is 3.94. The highest BCUT2D eigenvalue weighted by atomic mass is 32.1. The minimum absolute atomic E-state index is 0.0281. The second kappa shape index (κ2) is 6.34. The molecule has 3 heterocycles. The molecule has 0 radical (unpaired) electrons. The van der Waals surface area contributed by atoms with Crippen molar-refractivity contribution in [1.82, 2.24) is 15.3 Å². The summed E-state index contributed by atoms with van der Waals surface area (Å²) >= 11 is 1.22. The van der Waals surface area contributed by atoms with Crippen LogP contribution in [0.5, 0.6) is 11.5 Å². The molecule has 142 valence electrons. The van der Waals surface area contributed by atoms with Crippen molar-refractivity contribution in [3.05, 3.63) is 40.4 Å². The number of amides is 1. The van der Waals surface area contributed by atoms with Gasteiger partial charge in [0.05, 0.1) is 4.88 Å². The monoisotopic (exact) mass is 397 g/mol. The number of hydrogen-bond donors (Lipinski definition) is 3. The van der Waals surface area contributed by atoms with Gasteiger partial charge in [-0.15, -0.1) is 11.3 Å². The number of benzene rings is 1. The highest BCUT2D eigenvalue weighted by Gasteiger charge is 2.26. The number of fused-ring (bicyclic) bond motifs is 2. The Hall–Kier alpha value is -3.40. The number of ether oxygens (including phenoxy) is 2. The van der Waals surface area contributed by atoms with Gasteiger partial charge in [-0.05, 0) is 37.1 Å². The van der Waals surface area contributed by atoms with E-state index in [0.29, 0.717) is 37.9 Å². The standard InChI is InChI=1S/C18H15N5O4S/c19-18-21-15(14(23-25)8-1-4-11-12(5-8)27-7-26-11)10-6-13(28-17(10)22-18)16(24)20-9-2-3-9/h1,4-6,9,25H,2-3,7H2,(H,20,24)(H2,19,21,22). The Morgan fingerprint density at radius 2 is 2.07 bits per heavy atom. The number of aromatic nitrogens is 2.